The number of methoxy groups -OCH3 is 1. The fraction of sp³-hybridized carbons (Fsp3) is 0.278. The average Bonchev–Trinajstić information content (AvgIpc) is 2.58. The molecule has 2 aromatic rings. The number of anilines is 2. The third-order valence-electron chi connectivity index (χ3n) is 3.56. The van der Waals surface area contributed by atoms with Crippen LogP contribution in [0.1, 0.15) is 12.8 Å². The maximum atomic E-state index is 12.1. The molecule has 0 bridgehead atoms. The lowest BCUT2D eigenvalue weighted by Gasteiger charge is -2.22. The molecule has 0 heterocycles. The molecule has 0 radical (unpaired) electrons. The molecule has 7 heteroatoms. The Morgan fingerprint density at radius 2 is 1.84 bits per heavy atom. The number of amides is 1. The van der Waals surface area contributed by atoms with Crippen molar-refractivity contribution in [2.75, 3.05) is 29.5 Å². The zero-order valence-electron chi connectivity index (χ0n) is 14.3. The number of benzene rings is 2. The Hall–Kier alpha value is -2.54. The third kappa shape index (κ3) is 5.79. The maximum Gasteiger partial charge on any atom is 0.232 e. The van der Waals surface area contributed by atoms with Crippen LogP contribution in [-0.2, 0) is 14.8 Å². The molecule has 0 saturated carbocycles. The number of ether oxygens (including phenoxy) is 1. The zero-order valence-corrected chi connectivity index (χ0v) is 15.1. The molecule has 0 aliphatic rings. The normalized spacial score (nSPS) is 11.0. The van der Waals surface area contributed by atoms with E-state index in [-0.39, 0.29) is 18.9 Å². The second-order valence-corrected chi connectivity index (χ2v) is 7.46. The first-order chi connectivity index (χ1) is 11.9. The van der Waals surface area contributed by atoms with Gasteiger partial charge in [0.05, 0.1) is 19.1 Å². The molecule has 25 heavy (non-hydrogen) atoms. The molecule has 6 nitrogen and oxygen atoms in total. The van der Waals surface area contributed by atoms with Crippen LogP contribution in [0.2, 0.25) is 0 Å². The molecule has 0 aromatic heterocycles. The number of carbonyl (C=O) groups is 1. The molecule has 2 rings (SSSR count). The van der Waals surface area contributed by atoms with Crippen LogP contribution in [0.3, 0.4) is 0 Å². The molecule has 0 spiro atoms. The molecule has 0 aliphatic heterocycles. The summed E-state index contributed by atoms with van der Waals surface area (Å²) >= 11 is 0. The Kier molecular flexibility index (Phi) is 6.41. The van der Waals surface area contributed by atoms with Crippen LogP contribution in [0.15, 0.2) is 54.6 Å². The van der Waals surface area contributed by atoms with Crippen LogP contribution in [-0.4, -0.2) is 34.2 Å². The summed E-state index contributed by atoms with van der Waals surface area (Å²) in [6, 6.07) is 15.9. The van der Waals surface area contributed by atoms with Gasteiger partial charge < -0.3 is 10.1 Å². The number of nitrogens with one attached hydrogen (secondary N) is 1. The minimum atomic E-state index is -3.40. The number of nitrogens with zero attached hydrogens (tertiary/aromatic N) is 1. The van der Waals surface area contributed by atoms with E-state index in [1.54, 1.807) is 55.6 Å². The standard InChI is InChI=1S/C18H22N2O4S/c1-24-17-11-6-8-15(14-17)19-18(21)12-7-13-20(25(2,22)23)16-9-4-3-5-10-16/h3-6,8-11,14H,7,12-13H2,1-2H3,(H,19,21). The summed E-state index contributed by atoms with van der Waals surface area (Å²) in [7, 11) is -1.84. The molecular formula is C18H22N2O4S. The first kappa shape index (κ1) is 18.8. The molecule has 2 aromatic carbocycles. The van der Waals surface area contributed by atoms with Gasteiger partial charge >= 0.3 is 0 Å². The molecule has 1 N–H and O–H groups in total. The molecule has 0 atom stereocenters. The van der Waals surface area contributed by atoms with E-state index in [9.17, 15) is 13.2 Å². The van der Waals surface area contributed by atoms with E-state index >= 15 is 0 Å². The summed E-state index contributed by atoms with van der Waals surface area (Å²) in [6.45, 7) is 0.244. The highest BCUT2D eigenvalue weighted by Crippen LogP contribution is 2.19. The number of para-hydroxylation sites is 1. The summed E-state index contributed by atoms with van der Waals surface area (Å²) in [6.07, 6.45) is 1.80. The zero-order chi connectivity index (χ0) is 18.3. The van der Waals surface area contributed by atoms with Gasteiger partial charge in [0, 0.05) is 24.7 Å². The van der Waals surface area contributed by atoms with Crippen LogP contribution in [0, 0.1) is 0 Å². The van der Waals surface area contributed by atoms with Crippen molar-refractivity contribution >= 4 is 27.3 Å². The number of rotatable bonds is 8. The van der Waals surface area contributed by atoms with Crippen molar-refractivity contribution in [3.8, 4) is 5.75 Å². The highest BCUT2D eigenvalue weighted by atomic mass is 32.2. The summed E-state index contributed by atoms with van der Waals surface area (Å²) in [5, 5.41) is 2.78. The lowest BCUT2D eigenvalue weighted by atomic mass is 10.2. The summed E-state index contributed by atoms with van der Waals surface area (Å²) in [5.74, 6) is 0.486. The number of sulfonamides is 1. The lowest BCUT2D eigenvalue weighted by molar-refractivity contribution is -0.116. The molecular weight excluding hydrogens is 340 g/mol. The fourth-order valence-electron chi connectivity index (χ4n) is 2.39. The molecule has 0 fully saturated rings. The predicted octanol–water partition coefficient (Wildman–Crippen LogP) is 2.88. The first-order valence-electron chi connectivity index (χ1n) is 7.87. The van der Waals surface area contributed by atoms with Gasteiger partial charge in [-0.25, -0.2) is 8.42 Å². The summed E-state index contributed by atoms with van der Waals surface area (Å²) < 4.78 is 30.4. The second-order valence-electron chi connectivity index (χ2n) is 5.55. The van der Waals surface area contributed by atoms with Gasteiger partial charge in [-0.05, 0) is 30.7 Å². The highest BCUT2D eigenvalue weighted by molar-refractivity contribution is 7.92. The van der Waals surface area contributed by atoms with Gasteiger partial charge in [0.15, 0.2) is 0 Å². The Morgan fingerprint density at radius 1 is 1.12 bits per heavy atom. The number of hydrogen-bond donors (Lipinski definition) is 1. The van der Waals surface area contributed by atoms with Crippen LogP contribution < -0.4 is 14.4 Å². The summed E-state index contributed by atoms with van der Waals surface area (Å²) in [4.78, 5) is 12.1. The monoisotopic (exact) mass is 362 g/mol. The van der Waals surface area contributed by atoms with Gasteiger partial charge in [0.1, 0.15) is 5.75 Å². The Labute approximate surface area is 148 Å². The highest BCUT2D eigenvalue weighted by Gasteiger charge is 2.17. The van der Waals surface area contributed by atoms with Crippen LogP contribution >= 0.6 is 0 Å². The Morgan fingerprint density at radius 3 is 2.48 bits per heavy atom. The Balaban J connectivity index is 1.92. The third-order valence-corrected chi connectivity index (χ3v) is 4.76. The summed E-state index contributed by atoms with van der Waals surface area (Å²) in [5.41, 5.74) is 1.24. The minimum Gasteiger partial charge on any atom is -0.497 e. The van der Waals surface area contributed by atoms with Gasteiger partial charge in [-0.15, -0.1) is 0 Å². The minimum absolute atomic E-state index is 0.172. The SMILES string of the molecule is COc1cccc(NC(=O)CCCN(c2ccccc2)S(C)(=O)=O)c1. The van der Waals surface area contributed by atoms with Crippen LogP contribution in [0.5, 0.6) is 5.75 Å². The van der Waals surface area contributed by atoms with Crippen molar-refractivity contribution in [2.24, 2.45) is 0 Å². The largest absolute Gasteiger partial charge is 0.497 e. The van der Waals surface area contributed by atoms with Gasteiger partial charge in [-0.3, -0.25) is 9.10 Å². The fourth-order valence-corrected chi connectivity index (χ4v) is 3.35. The number of hydrogen-bond acceptors (Lipinski definition) is 4. The van der Waals surface area contributed by atoms with E-state index in [4.69, 9.17) is 4.74 Å². The van der Waals surface area contributed by atoms with E-state index in [1.165, 1.54) is 4.31 Å². The molecule has 134 valence electrons. The number of carbonyl (C=O) groups excluding carboxylic acids is 1. The predicted molar refractivity (Wildman–Crippen MR) is 99.5 cm³/mol. The van der Waals surface area contributed by atoms with E-state index in [0.717, 1.165) is 6.26 Å². The molecule has 1 amide bonds. The van der Waals surface area contributed by atoms with Gasteiger partial charge in [0.2, 0.25) is 15.9 Å². The van der Waals surface area contributed by atoms with E-state index in [1.807, 2.05) is 6.07 Å². The van der Waals surface area contributed by atoms with E-state index < -0.39 is 10.0 Å². The first-order valence-corrected chi connectivity index (χ1v) is 9.71. The van der Waals surface area contributed by atoms with Gasteiger partial charge in [-0.2, -0.15) is 0 Å². The van der Waals surface area contributed by atoms with Crippen LogP contribution in [0.25, 0.3) is 0 Å². The van der Waals surface area contributed by atoms with Crippen LogP contribution in [0.4, 0.5) is 11.4 Å². The van der Waals surface area contributed by atoms with E-state index in [0.29, 0.717) is 23.5 Å². The topological polar surface area (TPSA) is 75.7 Å². The van der Waals surface area contributed by atoms with Crippen molar-refractivity contribution in [1.82, 2.24) is 0 Å². The molecule has 0 saturated heterocycles. The van der Waals surface area contributed by atoms with E-state index in [2.05, 4.69) is 5.32 Å². The lowest BCUT2D eigenvalue weighted by Crippen LogP contribution is -2.31. The maximum absolute atomic E-state index is 12.1. The van der Waals surface area contributed by atoms with Crippen molar-refractivity contribution in [3.63, 3.8) is 0 Å². The smallest absolute Gasteiger partial charge is 0.232 e. The van der Waals surface area contributed by atoms with Gasteiger partial charge in [0.25, 0.3) is 0 Å². The Bertz CT molecular complexity index is 807. The van der Waals surface area contributed by atoms with Gasteiger partial charge in [-0.1, -0.05) is 24.3 Å². The van der Waals surface area contributed by atoms with Crippen molar-refractivity contribution in [1.29, 1.82) is 0 Å². The average molecular weight is 362 g/mol. The molecule has 0 aliphatic carbocycles. The second kappa shape index (κ2) is 8.53. The van der Waals surface area contributed by atoms with Crippen molar-refractivity contribution in [3.05, 3.63) is 54.6 Å². The quantitative estimate of drug-likeness (QED) is 0.783. The van der Waals surface area contributed by atoms with Crippen molar-refractivity contribution in [2.45, 2.75) is 12.8 Å². The molecule has 0 unspecified atom stereocenters. The van der Waals surface area contributed by atoms with Crippen molar-refractivity contribution < 1.29 is 17.9 Å².